The van der Waals surface area contributed by atoms with Gasteiger partial charge in [0.1, 0.15) is 5.82 Å². The van der Waals surface area contributed by atoms with Gasteiger partial charge in [0, 0.05) is 30.9 Å². The number of rotatable bonds is 6. The molecule has 34 heavy (non-hydrogen) atoms. The second kappa shape index (κ2) is 10.8. The molecule has 1 saturated heterocycles. The second-order valence-electron chi connectivity index (χ2n) is 8.54. The van der Waals surface area contributed by atoms with Crippen LogP contribution in [0, 0.1) is 12.7 Å². The number of nitrogens with one attached hydrogen (secondary N) is 3. The van der Waals surface area contributed by atoms with Crippen LogP contribution in [0.4, 0.5) is 26.2 Å². The van der Waals surface area contributed by atoms with Crippen molar-refractivity contribution in [1.82, 2.24) is 5.32 Å². The lowest BCUT2D eigenvalue weighted by Gasteiger charge is -2.31. The van der Waals surface area contributed by atoms with Gasteiger partial charge in [-0.2, -0.15) is 0 Å². The minimum atomic E-state index is -0.371. The standard InChI is InChI=1S/C27H29FN4O2/c1-19-6-5-7-21(16-19)26(33)30-23-12-13-25(32-14-3-2-4-15-32)24(17-23)31-27(34)29-18-20-8-10-22(28)11-9-20/h5-13,16-17H,2-4,14-15,18H2,1H3,(H,30,33)(H2,29,31,34). The maximum absolute atomic E-state index is 13.1. The monoisotopic (exact) mass is 460 g/mol. The van der Waals surface area contributed by atoms with Gasteiger partial charge in [-0.3, -0.25) is 4.79 Å². The molecular formula is C27H29FN4O2. The van der Waals surface area contributed by atoms with E-state index in [1.54, 1.807) is 24.3 Å². The number of urea groups is 1. The number of halogens is 1. The van der Waals surface area contributed by atoms with E-state index in [0.29, 0.717) is 16.9 Å². The van der Waals surface area contributed by atoms with Crippen LogP contribution in [-0.4, -0.2) is 25.0 Å². The maximum atomic E-state index is 13.1. The first kappa shape index (κ1) is 23.3. The Kier molecular flexibility index (Phi) is 7.42. The smallest absolute Gasteiger partial charge is 0.319 e. The Bertz CT molecular complexity index is 1160. The van der Waals surface area contributed by atoms with Crippen molar-refractivity contribution in [3.8, 4) is 0 Å². The summed E-state index contributed by atoms with van der Waals surface area (Å²) in [6.45, 7) is 4.05. The zero-order chi connectivity index (χ0) is 23.9. The molecule has 1 fully saturated rings. The van der Waals surface area contributed by atoms with E-state index in [4.69, 9.17) is 0 Å². The molecule has 0 unspecified atom stereocenters. The van der Waals surface area contributed by atoms with Crippen molar-refractivity contribution in [2.75, 3.05) is 28.6 Å². The largest absolute Gasteiger partial charge is 0.370 e. The molecule has 6 nitrogen and oxygen atoms in total. The summed E-state index contributed by atoms with van der Waals surface area (Å²) < 4.78 is 13.1. The average Bonchev–Trinajstić information content (AvgIpc) is 2.84. The van der Waals surface area contributed by atoms with Crippen molar-refractivity contribution in [3.63, 3.8) is 0 Å². The lowest BCUT2D eigenvalue weighted by molar-refractivity contribution is 0.102. The van der Waals surface area contributed by atoms with E-state index < -0.39 is 0 Å². The van der Waals surface area contributed by atoms with E-state index in [2.05, 4.69) is 20.9 Å². The first-order valence-corrected chi connectivity index (χ1v) is 11.5. The zero-order valence-corrected chi connectivity index (χ0v) is 19.2. The third kappa shape index (κ3) is 6.13. The number of aryl methyl sites for hydroxylation is 1. The van der Waals surface area contributed by atoms with Crippen molar-refractivity contribution < 1.29 is 14.0 Å². The number of amides is 3. The molecule has 1 heterocycles. The van der Waals surface area contributed by atoms with E-state index in [-0.39, 0.29) is 24.3 Å². The fourth-order valence-electron chi connectivity index (χ4n) is 4.07. The van der Waals surface area contributed by atoms with Gasteiger partial charge in [-0.1, -0.05) is 29.8 Å². The summed E-state index contributed by atoms with van der Waals surface area (Å²) in [4.78, 5) is 27.7. The topological polar surface area (TPSA) is 73.5 Å². The highest BCUT2D eigenvalue weighted by molar-refractivity contribution is 6.05. The summed E-state index contributed by atoms with van der Waals surface area (Å²) >= 11 is 0. The van der Waals surface area contributed by atoms with Gasteiger partial charge < -0.3 is 20.9 Å². The van der Waals surface area contributed by atoms with Gasteiger partial charge in [-0.15, -0.1) is 0 Å². The lowest BCUT2D eigenvalue weighted by Crippen LogP contribution is -2.32. The highest BCUT2D eigenvalue weighted by atomic mass is 19.1. The predicted molar refractivity (Wildman–Crippen MR) is 134 cm³/mol. The number of nitrogens with zero attached hydrogens (tertiary/aromatic N) is 1. The Morgan fingerprint density at radius 1 is 0.912 bits per heavy atom. The van der Waals surface area contributed by atoms with Crippen molar-refractivity contribution >= 4 is 29.0 Å². The molecule has 0 saturated carbocycles. The van der Waals surface area contributed by atoms with Gasteiger partial charge in [0.05, 0.1) is 11.4 Å². The third-order valence-corrected chi connectivity index (χ3v) is 5.85. The van der Waals surface area contributed by atoms with E-state index in [1.807, 2.05) is 37.3 Å². The molecular weight excluding hydrogens is 431 g/mol. The predicted octanol–water partition coefficient (Wildman–Crippen LogP) is 5.70. The summed E-state index contributed by atoms with van der Waals surface area (Å²) in [5.74, 6) is -0.523. The number of hydrogen-bond donors (Lipinski definition) is 3. The third-order valence-electron chi connectivity index (χ3n) is 5.85. The number of piperidine rings is 1. The van der Waals surface area contributed by atoms with Crippen LogP contribution in [0.25, 0.3) is 0 Å². The first-order chi connectivity index (χ1) is 16.5. The molecule has 0 bridgehead atoms. The second-order valence-corrected chi connectivity index (χ2v) is 8.54. The number of benzene rings is 3. The molecule has 3 amide bonds. The molecule has 0 atom stereocenters. The molecule has 7 heteroatoms. The summed E-state index contributed by atoms with van der Waals surface area (Å²) in [5, 5.41) is 8.67. The molecule has 0 spiro atoms. The van der Waals surface area contributed by atoms with Gasteiger partial charge in [0.2, 0.25) is 0 Å². The molecule has 0 aliphatic carbocycles. The molecule has 1 aliphatic heterocycles. The Hall–Kier alpha value is -3.87. The maximum Gasteiger partial charge on any atom is 0.319 e. The fraction of sp³-hybridized carbons (Fsp3) is 0.259. The normalized spacial score (nSPS) is 13.3. The zero-order valence-electron chi connectivity index (χ0n) is 19.2. The van der Waals surface area contributed by atoms with Crippen LogP contribution < -0.4 is 20.9 Å². The number of hydrogen-bond acceptors (Lipinski definition) is 3. The van der Waals surface area contributed by atoms with Crippen LogP contribution in [0.5, 0.6) is 0 Å². The minimum absolute atomic E-state index is 0.207. The number of carbonyl (C=O) groups is 2. The van der Waals surface area contributed by atoms with Gasteiger partial charge in [-0.25, -0.2) is 9.18 Å². The lowest BCUT2D eigenvalue weighted by atomic mass is 10.1. The molecule has 3 aromatic carbocycles. The van der Waals surface area contributed by atoms with E-state index in [0.717, 1.165) is 42.7 Å². The molecule has 1 aliphatic rings. The van der Waals surface area contributed by atoms with Gasteiger partial charge in [0.15, 0.2) is 0 Å². The van der Waals surface area contributed by atoms with Crippen LogP contribution in [0.1, 0.15) is 40.7 Å². The summed E-state index contributed by atoms with van der Waals surface area (Å²) in [7, 11) is 0. The Morgan fingerprint density at radius 3 is 2.41 bits per heavy atom. The number of carbonyl (C=O) groups excluding carboxylic acids is 2. The van der Waals surface area contributed by atoms with E-state index in [9.17, 15) is 14.0 Å². The highest BCUT2D eigenvalue weighted by Crippen LogP contribution is 2.31. The van der Waals surface area contributed by atoms with Crippen molar-refractivity contribution in [3.05, 3.63) is 89.2 Å². The molecule has 0 aromatic heterocycles. The Morgan fingerprint density at radius 2 is 1.68 bits per heavy atom. The molecule has 176 valence electrons. The van der Waals surface area contributed by atoms with Gasteiger partial charge in [-0.05, 0) is 74.2 Å². The van der Waals surface area contributed by atoms with Gasteiger partial charge in [0.25, 0.3) is 5.91 Å². The van der Waals surface area contributed by atoms with Gasteiger partial charge >= 0.3 is 6.03 Å². The van der Waals surface area contributed by atoms with Crippen LogP contribution >= 0.6 is 0 Å². The molecule has 3 aromatic rings. The summed E-state index contributed by atoms with van der Waals surface area (Å²) in [6, 6.07) is 18.6. The molecule has 4 rings (SSSR count). The molecule has 0 radical (unpaired) electrons. The quantitative estimate of drug-likeness (QED) is 0.442. The minimum Gasteiger partial charge on any atom is -0.370 e. The van der Waals surface area contributed by atoms with E-state index >= 15 is 0 Å². The van der Waals surface area contributed by atoms with Crippen LogP contribution in [0.3, 0.4) is 0 Å². The average molecular weight is 461 g/mol. The summed E-state index contributed by atoms with van der Waals surface area (Å²) in [5.41, 5.74) is 4.53. The first-order valence-electron chi connectivity index (χ1n) is 11.5. The van der Waals surface area contributed by atoms with Crippen LogP contribution in [-0.2, 0) is 6.54 Å². The van der Waals surface area contributed by atoms with E-state index in [1.165, 1.54) is 18.6 Å². The van der Waals surface area contributed by atoms with Crippen LogP contribution in [0.2, 0.25) is 0 Å². The van der Waals surface area contributed by atoms with Crippen molar-refractivity contribution in [1.29, 1.82) is 0 Å². The fourth-order valence-corrected chi connectivity index (χ4v) is 4.07. The number of anilines is 3. The Balaban J connectivity index is 1.50. The molecule has 3 N–H and O–H groups in total. The summed E-state index contributed by atoms with van der Waals surface area (Å²) in [6.07, 6.45) is 3.39. The Labute approximate surface area is 199 Å². The van der Waals surface area contributed by atoms with Crippen molar-refractivity contribution in [2.45, 2.75) is 32.7 Å². The highest BCUT2D eigenvalue weighted by Gasteiger charge is 2.17. The van der Waals surface area contributed by atoms with Crippen molar-refractivity contribution in [2.24, 2.45) is 0 Å². The SMILES string of the molecule is Cc1cccc(C(=O)Nc2ccc(N3CCCCC3)c(NC(=O)NCc3ccc(F)cc3)c2)c1. The van der Waals surface area contributed by atoms with Crippen LogP contribution in [0.15, 0.2) is 66.7 Å².